The summed E-state index contributed by atoms with van der Waals surface area (Å²) in [7, 11) is 0. The highest BCUT2D eigenvalue weighted by molar-refractivity contribution is 5.90. The first kappa shape index (κ1) is 14.4. The largest absolute Gasteiger partial charge is 0.480 e. The van der Waals surface area contributed by atoms with Crippen molar-refractivity contribution < 1.29 is 19.5 Å². The first-order chi connectivity index (χ1) is 7.25. The molecule has 2 atom stereocenters. The molecule has 7 nitrogen and oxygen atoms in total. The normalized spacial score (nSPS) is 14.2. The third-order valence-corrected chi connectivity index (χ3v) is 2.04. The first-order valence-electron chi connectivity index (χ1n) is 4.82. The summed E-state index contributed by atoms with van der Waals surface area (Å²) < 4.78 is 0. The Morgan fingerprint density at radius 2 is 1.81 bits per heavy atom. The fourth-order valence-corrected chi connectivity index (χ4v) is 0.972. The van der Waals surface area contributed by atoms with E-state index in [1.165, 1.54) is 0 Å². The van der Waals surface area contributed by atoms with Gasteiger partial charge in [-0.1, -0.05) is 13.8 Å². The van der Waals surface area contributed by atoms with Crippen LogP contribution in [0.25, 0.3) is 0 Å². The van der Waals surface area contributed by atoms with E-state index in [1.807, 2.05) is 0 Å². The molecular formula is C9H17N3O4. The summed E-state index contributed by atoms with van der Waals surface area (Å²) in [6.07, 6.45) is -0.452. The highest BCUT2D eigenvalue weighted by Crippen LogP contribution is 2.00. The van der Waals surface area contributed by atoms with Crippen LogP contribution in [0, 0.1) is 5.92 Å². The van der Waals surface area contributed by atoms with Gasteiger partial charge >= 0.3 is 5.97 Å². The number of carbonyl (C=O) groups excluding carboxylic acids is 2. The third kappa shape index (κ3) is 4.74. The quantitative estimate of drug-likeness (QED) is 0.437. The summed E-state index contributed by atoms with van der Waals surface area (Å²) in [5.41, 5.74) is 10.4. The van der Waals surface area contributed by atoms with Gasteiger partial charge in [0.15, 0.2) is 0 Å². The lowest BCUT2D eigenvalue weighted by atomic mass is 10.0. The summed E-state index contributed by atoms with van der Waals surface area (Å²) in [5, 5.41) is 10.9. The number of nitrogens with one attached hydrogen (secondary N) is 1. The Balaban J connectivity index is 4.46. The zero-order valence-electron chi connectivity index (χ0n) is 9.27. The van der Waals surface area contributed by atoms with Gasteiger partial charge in [-0.2, -0.15) is 0 Å². The van der Waals surface area contributed by atoms with Gasteiger partial charge in [0.1, 0.15) is 6.04 Å². The average molecular weight is 231 g/mol. The van der Waals surface area contributed by atoms with Gasteiger partial charge in [-0.15, -0.1) is 0 Å². The molecule has 1 unspecified atom stereocenters. The van der Waals surface area contributed by atoms with E-state index in [2.05, 4.69) is 5.32 Å². The Bertz CT molecular complexity index is 290. The fourth-order valence-electron chi connectivity index (χ4n) is 0.972. The minimum atomic E-state index is -1.32. The minimum Gasteiger partial charge on any atom is -0.480 e. The molecule has 92 valence electrons. The van der Waals surface area contributed by atoms with Crippen molar-refractivity contribution in [2.45, 2.75) is 32.4 Å². The first-order valence-corrected chi connectivity index (χ1v) is 4.82. The van der Waals surface area contributed by atoms with Gasteiger partial charge in [-0.05, 0) is 5.92 Å². The predicted octanol–water partition coefficient (Wildman–Crippen LogP) is -1.59. The van der Waals surface area contributed by atoms with Crippen molar-refractivity contribution in [1.82, 2.24) is 5.32 Å². The molecule has 0 spiro atoms. The van der Waals surface area contributed by atoms with Crippen LogP contribution in [0.5, 0.6) is 0 Å². The van der Waals surface area contributed by atoms with Crippen molar-refractivity contribution >= 4 is 17.8 Å². The third-order valence-electron chi connectivity index (χ3n) is 2.04. The van der Waals surface area contributed by atoms with Crippen molar-refractivity contribution in [3.05, 3.63) is 0 Å². The Morgan fingerprint density at radius 1 is 1.31 bits per heavy atom. The topological polar surface area (TPSA) is 136 Å². The molecule has 0 aromatic heterocycles. The van der Waals surface area contributed by atoms with E-state index in [4.69, 9.17) is 16.6 Å². The van der Waals surface area contributed by atoms with Gasteiger partial charge in [0.05, 0.1) is 12.5 Å². The molecule has 0 fully saturated rings. The lowest BCUT2D eigenvalue weighted by Crippen LogP contribution is -2.51. The predicted molar refractivity (Wildman–Crippen MR) is 56.2 cm³/mol. The maximum atomic E-state index is 11.4. The van der Waals surface area contributed by atoms with Gasteiger partial charge in [0.2, 0.25) is 11.8 Å². The van der Waals surface area contributed by atoms with Crippen LogP contribution in [0.15, 0.2) is 0 Å². The zero-order valence-corrected chi connectivity index (χ0v) is 9.27. The number of aliphatic carboxylic acids is 1. The molecule has 0 aliphatic heterocycles. The number of carboxylic acids is 1. The lowest BCUT2D eigenvalue weighted by molar-refractivity contribution is -0.143. The number of carbonyl (C=O) groups is 3. The van der Waals surface area contributed by atoms with Gasteiger partial charge in [0, 0.05) is 0 Å². The molecule has 0 aromatic rings. The average Bonchev–Trinajstić information content (AvgIpc) is 2.14. The summed E-state index contributed by atoms with van der Waals surface area (Å²) in [4.78, 5) is 32.7. The van der Waals surface area contributed by atoms with E-state index in [0.29, 0.717) is 0 Å². The highest BCUT2D eigenvalue weighted by Gasteiger charge is 2.25. The van der Waals surface area contributed by atoms with Crippen LogP contribution in [0.2, 0.25) is 0 Å². The van der Waals surface area contributed by atoms with Crippen LogP contribution >= 0.6 is 0 Å². The van der Waals surface area contributed by atoms with E-state index in [9.17, 15) is 14.4 Å². The molecular weight excluding hydrogens is 214 g/mol. The number of rotatable bonds is 6. The molecule has 0 saturated carbocycles. The standard InChI is InChI=1S/C9H17N3O4/c1-4(2)7(11)8(14)12-5(9(15)16)3-6(10)13/h4-5,7H,3,11H2,1-2H3,(H2,10,13)(H,12,14)(H,15,16)/t5-,7?/m0/s1. The molecule has 0 bridgehead atoms. The van der Waals surface area contributed by atoms with Gasteiger partial charge < -0.3 is 21.9 Å². The molecule has 0 rings (SSSR count). The van der Waals surface area contributed by atoms with Gasteiger partial charge in [0.25, 0.3) is 0 Å². The molecule has 0 saturated heterocycles. The lowest BCUT2D eigenvalue weighted by Gasteiger charge is -2.18. The van der Waals surface area contributed by atoms with E-state index >= 15 is 0 Å². The number of nitrogens with two attached hydrogens (primary N) is 2. The van der Waals surface area contributed by atoms with E-state index in [1.54, 1.807) is 13.8 Å². The second-order valence-corrected chi connectivity index (χ2v) is 3.84. The van der Waals surface area contributed by atoms with E-state index < -0.39 is 36.3 Å². The molecule has 7 heteroatoms. The van der Waals surface area contributed by atoms with Crippen LogP contribution in [0.4, 0.5) is 0 Å². The molecule has 0 aromatic carbocycles. The van der Waals surface area contributed by atoms with Gasteiger partial charge in [-0.25, -0.2) is 4.79 Å². The van der Waals surface area contributed by atoms with Crippen LogP contribution in [-0.2, 0) is 14.4 Å². The van der Waals surface area contributed by atoms with Crippen LogP contribution in [0.1, 0.15) is 20.3 Å². The Hall–Kier alpha value is -1.63. The summed E-state index contributed by atoms with van der Waals surface area (Å²) in [6, 6.07) is -2.13. The van der Waals surface area contributed by atoms with Crippen LogP contribution in [-0.4, -0.2) is 35.0 Å². The maximum Gasteiger partial charge on any atom is 0.326 e. The molecule has 6 N–H and O–H groups in total. The number of amides is 2. The molecule has 0 radical (unpaired) electrons. The highest BCUT2D eigenvalue weighted by atomic mass is 16.4. The van der Waals surface area contributed by atoms with E-state index in [-0.39, 0.29) is 5.92 Å². The minimum absolute atomic E-state index is 0.122. The Kier molecular flexibility index (Phi) is 5.44. The van der Waals surface area contributed by atoms with Crippen molar-refractivity contribution in [2.24, 2.45) is 17.4 Å². The SMILES string of the molecule is CC(C)C(N)C(=O)N[C@@H](CC(N)=O)C(=O)O. The monoisotopic (exact) mass is 231 g/mol. The Morgan fingerprint density at radius 3 is 2.12 bits per heavy atom. The summed E-state index contributed by atoms with van der Waals surface area (Å²) >= 11 is 0. The van der Waals surface area contributed by atoms with Crippen molar-refractivity contribution in [2.75, 3.05) is 0 Å². The number of hydrogen-bond acceptors (Lipinski definition) is 4. The number of carboxylic acid groups (broad SMARTS) is 1. The van der Waals surface area contributed by atoms with Crippen molar-refractivity contribution in [3.8, 4) is 0 Å². The zero-order chi connectivity index (χ0) is 12.9. The number of primary amides is 1. The molecule has 0 aliphatic rings. The van der Waals surface area contributed by atoms with Crippen LogP contribution < -0.4 is 16.8 Å². The van der Waals surface area contributed by atoms with Gasteiger partial charge in [-0.3, -0.25) is 9.59 Å². The molecule has 16 heavy (non-hydrogen) atoms. The summed E-state index contributed by atoms with van der Waals surface area (Å²) in [6.45, 7) is 3.46. The maximum absolute atomic E-state index is 11.4. The molecule has 0 aliphatic carbocycles. The Labute approximate surface area is 93.2 Å². The second kappa shape index (κ2) is 6.06. The smallest absolute Gasteiger partial charge is 0.326 e. The molecule has 2 amide bonds. The van der Waals surface area contributed by atoms with Crippen molar-refractivity contribution in [1.29, 1.82) is 0 Å². The molecule has 0 heterocycles. The summed E-state index contributed by atoms with van der Waals surface area (Å²) in [5.74, 6) is -2.85. The van der Waals surface area contributed by atoms with Crippen LogP contribution in [0.3, 0.4) is 0 Å². The number of hydrogen-bond donors (Lipinski definition) is 4. The van der Waals surface area contributed by atoms with Crippen molar-refractivity contribution in [3.63, 3.8) is 0 Å². The van der Waals surface area contributed by atoms with E-state index in [0.717, 1.165) is 0 Å². The fraction of sp³-hybridized carbons (Fsp3) is 0.667. The second-order valence-electron chi connectivity index (χ2n) is 3.84.